The summed E-state index contributed by atoms with van der Waals surface area (Å²) in [6.07, 6.45) is 2.41. The molecule has 20 heavy (non-hydrogen) atoms. The number of rotatable bonds is 3. The lowest BCUT2D eigenvalue weighted by Gasteiger charge is -2.31. The summed E-state index contributed by atoms with van der Waals surface area (Å²) in [7, 11) is 2.18. The maximum absolute atomic E-state index is 6.14. The number of nitrogens with zero attached hydrogens (tertiary/aromatic N) is 5. The smallest absolute Gasteiger partial charge is 0.159 e. The maximum atomic E-state index is 6.14. The summed E-state index contributed by atoms with van der Waals surface area (Å²) in [5, 5.41) is 4.59. The molecule has 0 N–H and O–H groups in total. The van der Waals surface area contributed by atoms with Gasteiger partial charge in [-0.15, -0.1) is 11.6 Å². The van der Waals surface area contributed by atoms with E-state index in [1.165, 1.54) is 19.4 Å². The van der Waals surface area contributed by atoms with Crippen LogP contribution in [-0.4, -0.2) is 44.4 Å². The molecule has 2 aromatic rings. The maximum Gasteiger partial charge on any atom is 0.159 e. The summed E-state index contributed by atoms with van der Waals surface area (Å²) in [4.78, 5) is 7.12. The molecule has 5 nitrogen and oxygen atoms in total. The van der Waals surface area contributed by atoms with Gasteiger partial charge >= 0.3 is 0 Å². The minimum absolute atomic E-state index is 0.453. The molecule has 0 amide bonds. The lowest BCUT2D eigenvalue weighted by Crippen LogP contribution is -2.34. The summed E-state index contributed by atoms with van der Waals surface area (Å²) >= 11 is 6.14. The number of likely N-dealkylation sites (N-methyl/N-ethyl adjacent to an activating group) is 1. The summed E-state index contributed by atoms with van der Waals surface area (Å²) in [6.45, 7) is 7.24. The van der Waals surface area contributed by atoms with Gasteiger partial charge in [-0.2, -0.15) is 5.10 Å². The van der Waals surface area contributed by atoms with Gasteiger partial charge in [-0.05, 0) is 40.3 Å². The molecule has 1 aliphatic rings. The molecule has 1 unspecified atom stereocenters. The van der Waals surface area contributed by atoms with Crippen LogP contribution in [0.3, 0.4) is 0 Å². The van der Waals surface area contributed by atoms with Crippen molar-refractivity contribution in [3.05, 3.63) is 11.5 Å². The van der Waals surface area contributed by atoms with Gasteiger partial charge in [0.1, 0.15) is 11.3 Å². The van der Waals surface area contributed by atoms with E-state index >= 15 is 0 Å². The van der Waals surface area contributed by atoms with Crippen molar-refractivity contribution >= 4 is 22.8 Å². The molecule has 0 saturated carbocycles. The van der Waals surface area contributed by atoms with E-state index in [4.69, 9.17) is 16.6 Å². The van der Waals surface area contributed by atoms with E-state index in [9.17, 15) is 0 Å². The number of aromatic nitrogens is 4. The first-order valence-electron chi connectivity index (χ1n) is 7.34. The number of alkyl halides is 1. The van der Waals surface area contributed by atoms with Crippen molar-refractivity contribution in [2.24, 2.45) is 0 Å². The molecule has 3 heterocycles. The van der Waals surface area contributed by atoms with Crippen LogP contribution >= 0.6 is 11.6 Å². The van der Waals surface area contributed by atoms with Crippen molar-refractivity contribution in [2.45, 2.75) is 45.2 Å². The molecule has 1 aliphatic heterocycles. The highest BCUT2D eigenvalue weighted by Gasteiger charge is 2.26. The summed E-state index contributed by atoms with van der Waals surface area (Å²) in [5.41, 5.74) is 3.15. The van der Waals surface area contributed by atoms with Crippen LogP contribution in [-0.2, 0) is 12.4 Å². The Hall–Kier alpha value is -1.07. The summed E-state index contributed by atoms with van der Waals surface area (Å²) in [6, 6.07) is 0.453. The second kappa shape index (κ2) is 5.37. The highest BCUT2D eigenvalue weighted by Crippen LogP contribution is 2.29. The number of aryl methyl sites for hydroxylation is 2. The minimum atomic E-state index is 0.453. The number of hydrogen-bond donors (Lipinski definition) is 0. The highest BCUT2D eigenvalue weighted by molar-refractivity contribution is 6.16. The van der Waals surface area contributed by atoms with Crippen molar-refractivity contribution in [3.8, 4) is 0 Å². The second-order valence-electron chi connectivity index (χ2n) is 5.66. The predicted molar refractivity (Wildman–Crippen MR) is 81.3 cm³/mol. The Morgan fingerprint density at radius 2 is 2.20 bits per heavy atom. The highest BCUT2D eigenvalue weighted by atomic mass is 35.5. The molecule has 2 aromatic heterocycles. The molecule has 0 aliphatic carbocycles. The Kier molecular flexibility index (Phi) is 3.73. The molecule has 110 valence electrons. The molecule has 0 spiro atoms. The van der Waals surface area contributed by atoms with E-state index in [1.807, 2.05) is 6.92 Å². The standard InChI is InChI=1S/C14H22ClN5/c1-4-19-14-13(10(2)17-19)16-12(8-15)20(14)11-6-5-7-18(3)9-11/h11H,4-9H2,1-3H3. The summed E-state index contributed by atoms with van der Waals surface area (Å²) < 4.78 is 4.39. The van der Waals surface area contributed by atoms with E-state index in [2.05, 4.69) is 33.2 Å². The van der Waals surface area contributed by atoms with Crippen LogP contribution < -0.4 is 0 Å². The molecule has 1 fully saturated rings. The van der Waals surface area contributed by atoms with Crippen molar-refractivity contribution in [1.29, 1.82) is 0 Å². The van der Waals surface area contributed by atoms with Crippen LogP contribution in [0.2, 0.25) is 0 Å². The number of imidazole rings is 1. The van der Waals surface area contributed by atoms with Crippen LogP contribution in [0.15, 0.2) is 0 Å². The van der Waals surface area contributed by atoms with Gasteiger partial charge in [0, 0.05) is 19.1 Å². The fourth-order valence-corrected chi connectivity index (χ4v) is 3.47. The van der Waals surface area contributed by atoms with Crippen molar-refractivity contribution < 1.29 is 0 Å². The Morgan fingerprint density at radius 1 is 1.40 bits per heavy atom. The molecule has 0 aromatic carbocycles. The first-order chi connectivity index (χ1) is 9.65. The third-order valence-corrected chi connectivity index (χ3v) is 4.44. The topological polar surface area (TPSA) is 38.9 Å². The average molecular weight is 296 g/mol. The zero-order valence-electron chi connectivity index (χ0n) is 12.4. The van der Waals surface area contributed by atoms with E-state index in [-0.39, 0.29) is 0 Å². The van der Waals surface area contributed by atoms with Crippen molar-refractivity contribution in [1.82, 2.24) is 24.2 Å². The SMILES string of the molecule is CCn1nc(C)c2nc(CCl)n(C3CCCN(C)C3)c21. The Morgan fingerprint density at radius 3 is 2.85 bits per heavy atom. The average Bonchev–Trinajstić information content (AvgIpc) is 2.96. The van der Waals surface area contributed by atoms with E-state index < -0.39 is 0 Å². The third-order valence-electron chi connectivity index (χ3n) is 4.20. The van der Waals surface area contributed by atoms with E-state index in [0.29, 0.717) is 11.9 Å². The molecular weight excluding hydrogens is 274 g/mol. The fraction of sp³-hybridized carbons (Fsp3) is 0.714. The quantitative estimate of drug-likeness (QED) is 0.817. The zero-order chi connectivity index (χ0) is 14.3. The minimum Gasteiger partial charge on any atom is -0.307 e. The van der Waals surface area contributed by atoms with Gasteiger partial charge in [0.05, 0.1) is 11.6 Å². The number of piperidine rings is 1. The van der Waals surface area contributed by atoms with Crippen LogP contribution in [0, 0.1) is 6.92 Å². The molecule has 0 bridgehead atoms. The third kappa shape index (κ3) is 2.13. The number of hydrogen-bond acceptors (Lipinski definition) is 3. The largest absolute Gasteiger partial charge is 0.307 e. The van der Waals surface area contributed by atoms with Gasteiger partial charge in [0.25, 0.3) is 0 Å². The normalized spacial score (nSPS) is 20.9. The van der Waals surface area contributed by atoms with Gasteiger partial charge in [0.2, 0.25) is 0 Å². The zero-order valence-corrected chi connectivity index (χ0v) is 13.2. The number of halogens is 1. The fourth-order valence-electron chi connectivity index (χ4n) is 3.28. The monoisotopic (exact) mass is 295 g/mol. The lowest BCUT2D eigenvalue weighted by atomic mass is 10.1. The number of fused-ring (bicyclic) bond motifs is 1. The van der Waals surface area contributed by atoms with Crippen molar-refractivity contribution in [3.63, 3.8) is 0 Å². The van der Waals surface area contributed by atoms with Gasteiger partial charge in [-0.25, -0.2) is 9.67 Å². The first-order valence-corrected chi connectivity index (χ1v) is 7.87. The molecule has 1 atom stereocenters. The summed E-state index contributed by atoms with van der Waals surface area (Å²) in [5.74, 6) is 1.43. The van der Waals surface area contributed by atoms with Gasteiger partial charge in [-0.3, -0.25) is 0 Å². The Balaban J connectivity index is 2.16. The van der Waals surface area contributed by atoms with Gasteiger partial charge in [-0.1, -0.05) is 0 Å². The Labute approximate surface area is 124 Å². The van der Waals surface area contributed by atoms with Crippen molar-refractivity contribution in [2.75, 3.05) is 20.1 Å². The van der Waals surface area contributed by atoms with E-state index in [0.717, 1.165) is 35.8 Å². The first kappa shape index (κ1) is 13.9. The lowest BCUT2D eigenvalue weighted by molar-refractivity contribution is 0.212. The molecule has 3 rings (SSSR count). The number of likely N-dealkylation sites (tertiary alicyclic amines) is 1. The molecular formula is C14H22ClN5. The molecule has 1 saturated heterocycles. The molecule has 0 radical (unpaired) electrons. The van der Waals surface area contributed by atoms with Gasteiger partial charge in [0.15, 0.2) is 5.65 Å². The second-order valence-corrected chi connectivity index (χ2v) is 5.93. The van der Waals surface area contributed by atoms with Crippen LogP contribution in [0.25, 0.3) is 11.2 Å². The molecule has 6 heteroatoms. The van der Waals surface area contributed by atoms with Crippen LogP contribution in [0.1, 0.15) is 37.3 Å². The Bertz CT molecular complexity index is 615. The van der Waals surface area contributed by atoms with Crippen LogP contribution in [0.4, 0.5) is 0 Å². The van der Waals surface area contributed by atoms with Gasteiger partial charge < -0.3 is 9.47 Å². The van der Waals surface area contributed by atoms with Crippen LogP contribution in [0.5, 0.6) is 0 Å². The van der Waals surface area contributed by atoms with E-state index in [1.54, 1.807) is 0 Å². The predicted octanol–water partition coefficient (Wildman–Crippen LogP) is 2.57.